The molecule has 1 fully saturated rings. The van der Waals surface area contributed by atoms with E-state index in [0.29, 0.717) is 44.4 Å². The second kappa shape index (κ2) is 10.7. The number of carboxylic acid groups (broad SMARTS) is 1. The van der Waals surface area contributed by atoms with Crippen LogP contribution < -0.4 is 4.74 Å². The lowest BCUT2D eigenvalue weighted by atomic mass is 9.71. The number of ether oxygens (including phenoxy) is 1. The van der Waals surface area contributed by atoms with Gasteiger partial charge in [-0.3, -0.25) is 9.59 Å². The van der Waals surface area contributed by atoms with Crippen molar-refractivity contribution in [1.29, 1.82) is 5.26 Å². The molecule has 0 spiro atoms. The third-order valence-corrected chi connectivity index (χ3v) is 8.79. The Bertz CT molecular complexity index is 1650. The molecule has 0 bridgehead atoms. The second-order valence-electron chi connectivity index (χ2n) is 10.3. The number of carboxylic acids is 1. The van der Waals surface area contributed by atoms with E-state index in [4.69, 9.17) is 9.15 Å². The minimum absolute atomic E-state index is 0.330. The molecular formula is C32H28N2O6S. The minimum atomic E-state index is -1.83. The predicted octanol–water partition coefficient (Wildman–Crippen LogP) is 6.16. The molecule has 2 aromatic carbocycles. The highest BCUT2D eigenvalue weighted by Gasteiger charge is 2.65. The van der Waals surface area contributed by atoms with Crippen molar-refractivity contribution < 1.29 is 28.6 Å². The number of amides is 1. The van der Waals surface area contributed by atoms with E-state index in [-0.39, 0.29) is 5.78 Å². The first-order valence-electron chi connectivity index (χ1n) is 13.0. The average Bonchev–Trinajstić information content (AvgIpc) is 3.69. The molecule has 1 amide bonds. The standard InChI is InChI=1S/C32H28N2O6S/c1-18-16-24(19(2)40-18)29(35)26-27(21-11-13-23(39-4)14-12-21)32(3,31(37)38)34(30(36)25-6-5-15-41-25)28(26)22-9-7-20(17-33)8-10-22/h5-16,26-28H,1-4H3,(H,37,38). The van der Waals surface area contributed by atoms with E-state index in [1.807, 2.05) is 0 Å². The molecule has 0 saturated carbocycles. The molecule has 0 radical (unpaired) electrons. The summed E-state index contributed by atoms with van der Waals surface area (Å²) in [5, 5.41) is 22.1. The first-order valence-corrected chi connectivity index (χ1v) is 13.9. The normalized spacial score (nSPS) is 21.8. The lowest BCUT2D eigenvalue weighted by Gasteiger charge is -2.37. The molecule has 1 N–H and O–H groups in total. The monoisotopic (exact) mass is 568 g/mol. The number of ketones is 1. The molecule has 41 heavy (non-hydrogen) atoms. The van der Waals surface area contributed by atoms with Gasteiger partial charge < -0.3 is 19.2 Å². The van der Waals surface area contributed by atoms with Crippen molar-refractivity contribution in [3.05, 3.63) is 111 Å². The van der Waals surface area contributed by atoms with Crippen LogP contribution >= 0.6 is 11.3 Å². The molecule has 3 heterocycles. The number of hydrogen-bond acceptors (Lipinski definition) is 7. The van der Waals surface area contributed by atoms with Crippen molar-refractivity contribution in [1.82, 2.24) is 4.90 Å². The van der Waals surface area contributed by atoms with Crippen molar-refractivity contribution >= 4 is 29.0 Å². The largest absolute Gasteiger partial charge is 0.497 e. The Morgan fingerprint density at radius 2 is 1.71 bits per heavy atom. The molecule has 4 atom stereocenters. The maximum Gasteiger partial charge on any atom is 0.330 e. The number of rotatable bonds is 7. The third-order valence-electron chi connectivity index (χ3n) is 7.93. The van der Waals surface area contributed by atoms with Gasteiger partial charge in [0.15, 0.2) is 5.78 Å². The van der Waals surface area contributed by atoms with Gasteiger partial charge in [-0.25, -0.2) is 4.79 Å². The van der Waals surface area contributed by atoms with Crippen LogP contribution in [-0.2, 0) is 4.79 Å². The number of likely N-dealkylation sites (tertiary alicyclic amines) is 1. The van der Waals surface area contributed by atoms with Gasteiger partial charge >= 0.3 is 5.97 Å². The summed E-state index contributed by atoms with van der Waals surface area (Å²) >= 11 is 1.20. The number of thiophene rings is 1. The van der Waals surface area contributed by atoms with Crippen LogP contribution in [0.2, 0.25) is 0 Å². The Morgan fingerprint density at radius 1 is 1.05 bits per heavy atom. The van der Waals surface area contributed by atoms with E-state index in [0.717, 1.165) is 0 Å². The fourth-order valence-electron chi connectivity index (χ4n) is 6.03. The van der Waals surface area contributed by atoms with Gasteiger partial charge in [0.25, 0.3) is 5.91 Å². The molecule has 1 aliphatic heterocycles. The highest BCUT2D eigenvalue weighted by molar-refractivity contribution is 7.12. The Balaban J connectivity index is 1.83. The maximum atomic E-state index is 14.6. The average molecular weight is 569 g/mol. The summed E-state index contributed by atoms with van der Waals surface area (Å²) in [6.07, 6.45) is 0. The first kappa shape index (κ1) is 27.9. The van der Waals surface area contributed by atoms with E-state index >= 15 is 0 Å². The summed E-state index contributed by atoms with van der Waals surface area (Å²) in [7, 11) is 1.53. The van der Waals surface area contributed by atoms with Crippen molar-refractivity contribution in [3.8, 4) is 11.8 Å². The fourth-order valence-corrected chi connectivity index (χ4v) is 6.69. The Labute approximate surface area is 241 Å². The SMILES string of the molecule is COc1ccc(C2C(C(=O)c3cc(C)oc3C)C(c3ccc(C#N)cc3)N(C(=O)c3cccs3)C2(C)C(=O)O)cc1. The molecule has 4 unspecified atom stereocenters. The lowest BCUT2D eigenvalue weighted by molar-refractivity contribution is -0.148. The van der Waals surface area contributed by atoms with E-state index < -0.39 is 35.3 Å². The quantitative estimate of drug-likeness (QED) is 0.265. The minimum Gasteiger partial charge on any atom is -0.497 e. The topological polar surface area (TPSA) is 121 Å². The number of carbonyl (C=O) groups excluding carboxylic acids is 2. The predicted molar refractivity (Wildman–Crippen MR) is 152 cm³/mol. The number of nitriles is 1. The number of methoxy groups -OCH3 is 1. The summed E-state index contributed by atoms with van der Waals surface area (Å²) in [4.78, 5) is 43.9. The van der Waals surface area contributed by atoms with Gasteiger partial charge in [-0.2, -0.15) is 5.26 Å². The van der Waals surface area contributed by atoms with Crippen molar-refractivity contribution in [2.24, 2.45) is 5.92 Å². The molecule has 1 aliphatic rings. The summed E-state index contributed by atoms with van der Waals surface area (Å²) in [6, 6.07) is 19.6. The lowest BCUT2D eigenvalue weighted by Crippen LogP contribution is -2.54. The molecule has 1 saturated heterocycles. The number of aryl methyl sites for hydroxylation is 2. The van der Waals surface area contributed by atoms with Gasteiger partial charge in [-0.15, -0.1) is 11.3 Å². The van der Waals surface area contributed by atoms with Gasteiger partial charge in [0, 0.05) is 5.92 Å². The Morgan fingerprint density at radius 3 is 2.22 bits per heavy atom. The summed E-state index contributed by atoms with van der Waals surface area (Å²) in [6.45, 7) is 4.94. The zero-order valence-corrected chi connectivity index (χ0v) is 23.8. The molecule has 0 aliphatic carbocycles. The van der Waals surface area contributed by atoms with Gasteiger partial charge in [0.2, 0.25) is 0 Å². The van der Waals surface area contributed by atoms with E-state index in [2.05, 4.69) is 6.07 Å². The van der Waals surface area contributed by atoms with Crippen LogP contribution in [0.1, 0.15) is 67.1 Å². The molecule has 9 heteroatoms. The fraction of sp³-hybridized carbons (Fsp3) is 0.250. The van der Waals surface area contributed by atoms with Crippen LogP contribution in [0.5, 0.6) is 5.75 Å². The number of hydrogen-bond donors (Lipinski definition) is 1. The van der Waals surface area contributed by atoms with Crippen LogP contribution in [-0.4, -0.2) is 40.3 Å². The van der Waals surface area contributed by atoms with Crippen molar-refractivity contribution in [3.63, 3.8) is 0 Å². The summed E-state index contributed by atoms with van der Waals surface area (Å²) < 4.78 is 11.0. The van der Waals surface area contributed by atoms with Gasteiger partial charge in [-0.1, -0.05) is 30.3 Å². The number of benzene rings is 2. The van der Waals surface area contributed by atoms with Crippen LogP contribution in [0.15, 0.2) is 76.5 Å². The van der Waals surface area contributed by atoms with E-state index in [1.165, 1.54) is 30.3 Å². The number of aliphatic carboxylic acids is 1. The molecule has 8 nitrogen and oxygen atoms in total. The molecule has 2 aromatic heterocycles. The zero-order chi connectivity index (χ0) is 29.5. The zero-order valence-electron chi connectivity index (χ0n) is 23.0. The van der Waals surface area contributed by atoms with Crippen molar-refractivity contribution in [2.45, 2.75) is 38.3 Å². The maximum absolute atomic E-state index is 14.6. The molecule has 208 valence electrons. The van der Waals surface area contributed by atoms with E-state index in [1.54, 1.807) is 86.0 Å². The smallest absolute Gasteiger partial charge is 0.330 e. The van der Waals surface area contributed by atoms with Crippen LogP contribution in [0.25, 0.3) is 0 Å². The Kier molecular flexibility index (Phi) is 7.28. The second-order valence-corrected chi connectivity index (χ2v) is 11.2. The van der Waals surface area contributed by atoms with Gasteiger partial charge in [0.05, 0.1) is 41.1 Å². The first-order chi connectivity index (χ1) is 19.6. The number of furan rings is 1. The van der Waals surface area contributed by atoms with E-state index in [9.17, 15) is 24.8 Å². The molecule has 5 rings (SSSR count). The number of carbonyl (C=O) groups is 3. The summed E-state index contributed by atoms with van der Waals surface area (Å²) in [5.74, 6) is -2.47. The number of Topliss-reactive ketones (excluding diaryl/α,β-unsaturated/α-hetero) is 1. The molecular weight excluding hydrogens is 540 g/mol. The Hall–Kier alpha value is -4.68. The summed E-state index contributed by atoms with van der Waals surface area (Å²) in [5.41, 5.74) is 0.0320. The van der Waals surface area contributed by atoms with Gasteiger partial charge in [0.1, 0.15) is 22.8 Å². The molecule has 4 aromatic rings. The number of nitrogens with zero attached hydrogens (tertiary/aromatic N) is 2. The van der Waals surface area contributed by atoms with Gasteiger partial charge in [-0.05, 0) is 73.7 Å². The van der Waals surface area contributed by atoms with Crippen LogP contribution in [0.4, 0.5) is 0 Å². The van der Waals surface area contributed by atoms with Crippen LogP contribution in [0.3, 0.4) is 0 Å². The van der Waals surface area contributed by atoms with Crippen LogP contribution in [0, 0.1) is 31.1 Å². The highest BCUT2D eigenvalue weighted by Crippen LogP contribution is 2.57. The highest BCUT2D eigenvalue weighted by atomic mass is 32.1. The van der Waals surface area contributed by atoms with Crippen molar-refractivity contribution in [2.75, 3.05) is 7.11 Å². The third kappa shape index (κ3) is 4.60.